The summed E-state index contributed by atoms with van der Waals surface area (Å²) in [5.74, 6) is 0.0712. The zero-order chi connectivity index (χ0) is 19.6. The molecule has 8 heteroatoms. The molecule has 0 aliphatic rings. The van der Waals surface area contributed by atoms with Crippen molar-refractivity contribution in [1.29, 1.82) is 0 Å². The molecular weight excluding hydrogens is 348 g/mol. The van der Waals surface area contributed by atoms with Crippen molar-refractivity contribution < 1.29 is 16.8 Å². The van der Waals surface area contributed by atoms with E-state index in [0.717, 1.165) is 0 Å². The van der Waals surface area contributed by atoms with Gasteiger partial charge in [0.05, 0.1) is 12.0 Å². The highest BCUT2D eigenvalue weighted by Crippen LogP contribution is 2.25. The second-order valence-corrected chi connectivity index (χ2v) is 12.9. The van der Waals surface area contributed by atoms with Crippen molar-refractivity contribution in [3.63, 3.8) is 0 Å². The van der Waals surface area contributed by atoms with Gasteiger partial charge in [-0.1, -0.05) is 20.8 Å². The molecule has 0 saturated heterocycles. The third kappa shape index (κ3) is 8.78. The lowest BCUT2D eigenvalue weighted by atomic mass is 9.87. The summed E-state index contributed by atoms with van der Waals surface area (Å²) in [5, 5.41) is 0. The molecule has 0 aliphatic carbocycles. The Morgan fingerprint density at radius 2 is 1.29 bits per heavy atom. The molecule has 0 bridgehead atoms. The number of rotatable bonds is 8. The molecule has 0 spiro atoms. The molecule has 0 aromatic rings. The van der Waals surface area contributed by atoms with Crippen LogP contribution in [0.25, 0.3) is 0 Å². The average Bonchev–Trinajstić information content (AvgIpc) is 2.26. The predicted octanol–water partition coefficient (Wildman–Crippen LogP) is 1.83. The summed E-state index contributed by atoms with van der Waals surface area (Å²) in [7, 11) is -6.40. The van der Waals surface area contributed by atoms with Gasteiger partial charge in [0.15, 0.2) is 0 Å². The van der Waals surface area contributed by atoms with E-state index in [4.69, 9.17) is 0 Å². The molecular formula is C16H36N2O4S2. The molecule has 0 saturated carbocycles. The van der Waals surface area contributed by atoms with Crippen molar-refractivity contribution in [2.24, 2.45) is 5.41 Å². The van der Waals surface area contributed by atoms with Crippen LogP contribution in [0.4, 0.5) is 0 Å². The van der Waals surface area contributed by atoms with Gasteiger partial charge in [-0.2, -0.15) is 4.31 Å². The normalized spacial score (nSPS) is 16.0. The highest BCUT2D eigenvalue weighted by molar-refractivity contribution is 7.90. The summed E-state index contributed by atoms with van der Waals surface area (Å²) >= 11 is 0. The molecule has 0 heterocycles. The van der Waals surface area contributed by atoms with Crippen LogP contribution >= 0.6 is 0 Å². The van der Waals surface area contributed by atoms with Gasteiger partial charge in [-0.25, -0.2) is 16.8 Å². The van der Waals surface area contributed by atoms with E-state index in [1.54, 1.807) is 0 Å². The molecule has 146 valence electrons. The topological polar surface area (TPSA) is 74.8 Å². The molecule has 0 rings (SSSR count). The summed E-state index contributed by atoms with van der Waals surface area (Å²) in [6, 6.07) is 0.126. The Balaban J connectivity index is 5.31. The quantitative estimate of drug-likeness (QED) is 0.638. The molecule has 0 aliphatic heterocycles. The predicted molar refractivity (Wildman–Crippen MR) is 102 cm³/mol. The van der Waals surface area contributed by atoms with Crippen LogP contribution in [0.15, 0.2) is 0 Å². The molecule has 1 unspecified atom stereocenters. The average molecular weight is 385 g/mol. The van der Waals surface area contributed by atoms with Crippen LogP contribution in [0.2, 0.25) is 0 Å². The Morgan fingerprint density at radius 3 is 1.58 bits per heavy atom. The highest BCUT2D eigenvalue weighted by atomic mass is 32.2. The van der Waals surface area contributed by atoms with E-state index in [-0.39, 0.29) is 17.2 Å². The number of hydrogen-bond donors (Lipinski definition) is 0. The summed E-state index contributed by atoms with van der Waals surface area (Å²) in [6.07, 6.45) is 2.44. The first-order valence-electron chi connectivity index (χ1n) is 8.25. The van der Waals surface area contributed by atoms with Gasteiger partial charge in [-0.15, -0.1) is 0 Å². The molecule has 0 amide bonds. The first-order valence-corrected chi connectivity index (χ1v) is 12.2. The lowest BCUT2D eigenvalue weighted by Crippen LogP contribution is -2.51. The van der Waals surface area contributed by atoms with E-state index in [0.29, 0.717) is 19.6 Å². The molecule has 0 fully saturated rings. The maximum Gasteiger partial charge on any atom is 0.211 e. The Bertz CT molecular complexity index is 599. The van der Waals surface area contributed by atoms with Crippen molar-refractivity contribution >= 4 is 19.9 Å². The SMILES string of the molecule is CC(N(CCN(C(C)(C)C)S(C)(=O)=O)CCS(C)(=O)=O)C(C)(C)C. The van der Waals surface area contributed by atoms with E-state index in [2.05, 4.69) is 32.6 Å². The molecule has 0 radical (unpaired) electrons. The maximum atomic E-state index is 12.1. The van der Waals surface area contributed by atoms with Gasteiger partial charge in [0, 0.05) is 37.5 Å². The van der Waals surface area contributed by atoms with Gasteiger partial charge >= 0.3 is 0 Å². The molecule has 1 atom stereocenters. The first kappa shape index (κ1) is 23.8. The Kier molecular flexibility index (Phi) is 7.95. The summed E-state index contributed by atoms with van der Waals surface area (Å²) in [4.78, 5) is 2.07. The second-order valence-electron chi connectivity index (χ2n) is 8.71. The fourth-order valence-electron chi connectivity index (χ4n) is 2.55. The fraction of sp³-hybridized carbons (Fsp3) is 1.00. The van der Waals surface area contributed by atoms with Crippen LogP contribution in [0.1, 0.15) is 48.5 Å². The maximum absolute atomic E-state index is 12.1. The molecule has 0 N–H and O–H groups in total. The van der Waals surface area contributed by atoms with E-state index in [1.165, 1.54) is 16.8 Å². The van der Waals surface area contributed by atoms with Crippen molar-refractivity contribution in [2.75, 3.05) is 37.9 Å². The molecule has 6 nitrogen and oxygen atoms in total. The zero-order valence-corrected chi connectivity index (χ0v) is 18.4. The largest absolute Gasteiger partial charge is 0.298 e. The van der Waals surface area contributed by atoms with Gasteiger partial charge in [-0.05, 0) is 33.1 Å². The number of nitrogens with zero attached hydrogens (tertiary/aromatic N) is 2. The highest BCUT2D eigenvalue weighted by Gasteiger charge is 2.32. The number of hydrogen-bond acceptors (Lipinski definition) is 5. The van der Waals surface area contributed by atoms with E-state index < -0.39 is 25.4 Å². The Hall–Kier alpha value is -0.180. The minimum Gasteiger partial charge on any atom is -0.298 e. The minimum atomic E-state index is -3.33. The van der Waals surface area contributed by atoms with Gasteiger partial charge < -0.3 is 0 Å². The third-order valence-corrected chi connectivity index (χ3v) is 6.74. The summed E-state index contributed by atoms with van der Waals surface area (Å²) < 4.78 is 48.7. The van der Waals surface area contributed by atoms with Crippen molar-refractivity contribution in [3.05, 3.63) is 0 Å². The summed E-state index contributed by atoms with van der Waals surface area (Å²) in [5.41, 5.74) is -0.545. The number of sulfone groups is 1. The van der Waals surface area contributed by atoms with Crippen molar-refractivity contribution in [3.8, 4) is 0 Å². The Morgan fingerprint density at radius 1 is 0.833 bits per heavy atom. The van der Waals surface area contributed by atoms with E-state index >= 15 is 0 Å². The van der Waals surface area contributed by atoms with Crippen molar-refractivity contribution in [2.45, 2.75) is 60.0 Å². The third-order valence-electron chi connectivity index (χ3n) is 4.29. The fourth-order valence-corrected chi connectivity index (χ4v) is 4.52. The lowest BCUT2D eigenvalue weighted by molar-refractivity contribution is 0.105. The lowest BCUT2D eigenvalue weighted by Gasteiger charge is -2.40. The van der Waals surface area contributed by atoms with Crippen molar-refractivity contribution in [1.82, 2.24) is 9.21 Å². The van der Waals surface area contributed by atoms with Crippen LogP contribution in [-0.4, -0.2) is 75.5 Å². The van der Waals surface area contributed by atoms with Crippen LogP contribution in [0, 0.1) is 5.41 Å². The van der Waals surface area contributed by atoms with Gasteiger partial charge in [-0.3, -0.25) is 4.90 Å². The minimum absolute atomic E-state index is 0.0326. The van der Waals surface area contributed by atoms with Crippen LogP contribution in [0.5, 0.6) is 0 Å². The van der Waals surface area contributed by atoms with Gasteiger partial charge in [0.25, 0.3) is 0 Å². The standard InChI is InChI=1S/C16H36N2O4S2/c1-14(15(2,3)4)17(12-13-23(8,19)20)10-11-18(16(5,6)7)24(9,21)22/h14H,10-13H2,1-9H3. The second kappa shape index (κ2) is 8.01. The van der Waals surface area contributed by atoms with E-state index in [9.17, 15) is 16.8 Å². The first-order chi connectivity index (χ1) is 10.4. The van der Waals surface area contributed by atoms with Crippen LogP contribution in [-0.2, 0) is 19.9 Å². The van der Waals surface area contributed by atoms with E-state index in [1.807, 2.05) is 20.8 Å². The zero-order valence-electron chi connectivity index (χ0n) is 16.7. The van der Waals surface area contributed by atoms with Crippen LogP contribution < -0.4 is 0 Å². The Labute approximate surface area is 149 Å². The smallest absolute Gasteiger partial charge is 0.211 e. The van der Waals surface area contributed by atoms with Gasteiger partial charge in [0.2, 0.25) is 10.0 Å². The van der Waals surface area contributed by atoms with Crippen LogP contribution in [0.3, 0.4) is 0 Å². The molecule has 0 aromatic carbocycles. The monoisotopic (exact) mass is 384 g/mol. The molecule has 0 aromatic heterocycles. The summed E-state index contributed by atoms with van der Waals surface area (Å²) in [6.45, 7) is 15.2. The van der Waals surface area contributed by atoms with Gasteiger partial charge in [0.1, 0.15) is 9.84 Å². The molecule has 24 heavy (non-hydrogen) atoms. The number of sulfonamides is 1.